The molecule has 1 aromatic carbocycles. The van der Waals surface area contributed by atoms with Gasteiger partial charge in [0.2, 0.25) is 0 Å². The minimum atomic E-state index is 0.231. The molecule has 1 N–H and O–H groups in total. The van der Waals surface area contributed by atoms with Gasteiger partial charge in [-0.1, -0.05) is 12.1 Å². The maximum atomic E-state index is 5.85. The first-order valence-electron chi connectivity index (χ1n) is 6.36. The van der Waals surface area contributed by atoms with Gasteiger partial charge in [0.1, 0.15) is 5.75 Å². The Bertz CT molecular complexity index is 384. The van der Waals surface area contributed by atoms with Gasteiger partial charge in [-0.3, -0.25) is 0 Å². The summed E-state index contributed by atoms with van der Waals surface area (Å²) in [5, 5.41) is 3.40. The van der Waals surface area contributed by atoms with Gasteiger partial charge in [-0.15, -0.1) is 11.6 Å². The Morgan fingerprint density at radius 3 is 3.17 bits per heavy atom. The lowest BCUT2D eigenvalue weighted by Crippen LogP contribution is -2.36. The zero-order valence-electron chi connectivity index (χ0n) is 10.7. The molecule has 0 spiro atoms. The van der Waals surface area contributed by atoms with Gasteiger partial charge in [0.25, 0.3) is 0 Å². The Kier molecular flexibility index (Phi) is 5.29. The zero-order chi connectivity index (χ0) is 12.8. The predicted molar refractivity (Wildman–Crippen MR) is 73.7 cm³/mol. The second kappa shape index (κ2) is 6.98. The van der Waals surface area contributed by atoms with Crippen molar-refractivity contribution in [2.75, 3.05) is 32.7 Å². The predicted octanol–water partition coefficient (Wildman–Crippen LogP) is 2.01. The van der Waals surface area contributed by atoms with E-state index in [-0.39, 0.29) is 6.04 Å². The van der Waals surface area contributed by atoms with E-state index < -0.39 is 0 Å². The van der Waals surface area contributed by atoms with Crippen LogP contribution in [0, 0.1) is 0 Å². The van der Waals surface area contributed by atoms with Crippen molar-refractivity contribution >= 4 is 11.6 Å². The van der Waals surface area contributed by atoms with Crippen LogP contribution in [0.15, 0.2) is 18.2 Å². The van der Waals surface area contributed by atoms with E-state index in [0.29, 0.717) is 12.5 Å². The number of rotatable bonds is 7. The number of methoxy groups -OCH3 is 1. The van der Waals surface area contributed by atoms with Crippen LogP contribution in [-0.4, -0.2) is 38.8 Å². The molecular weight excluding hydrogens is 250 g/mol. The average molecular weight is 270 g/mol. The fourth-order valence-corrected chi connectivity index (χ4v) is 2.37. The van der Waals surface area contributed by atoms with Gasteiger partial charge in [0.15, 0.2) is 0 Å². The Balaban J connectivity index is 1.79. The third kappa shape index (κ3) is 3.61. The molecule has 0 fully saturated rings. The minimum Gasteiger partial charge on any atom is -0.493 e. The molecule has 18 heavy (non-hydrogen) atoms. The molecular formula is C14H20ClNO2. The molecule has 0 amide bonds. The van der Waals surface area contributed by atoms with Crippen molar-refractivity contribution in [2.24, 2.45) is 0 Å². The highest BCUT2D eigenvalue weighted by Gasteiger charge is 2.12. The van der Waals surface area contributed by atoms with Crippen LogP contribution in [0.5, 0.6) is 5.75 Å². The minimum absolute atomic E-state index is 0.231. The smallest absolute Gasteiger partial charge is 0.122 e. The monoisotopic (exact) mass is 269 g/mol. The Morgan fingerprint density at radius 2 is 2.39 bits per heavy atom. The molecule has 1 unspecified atom stereocenters. The molecule has 0 radical (unpaired) electrons. The standard InChI is InChI=1S/C14H20ClNO2/c1-17-10-13(9-15)16-6-4-11-2-3-14-12(8-11)5-7-18-14/h2-3,8,13,16H,4-7,9-10H2,1H3. The Morgan fingerprint density at radius 1 is 1.50 bits per heavy atom. The summed E-state index contributed by atoms with van der Waals surface area (Å²) in [4.78, 5) is 0. The van der Waals surface area contributed by atoms with Crippen LogP contribution in [0.25, 0.3) is 0 Å². The van der Waals surface area contributed by atoms with Crippen molar-refractivity contribution in [3.63, 3.8) is 0 Å². The average Bonchev–Trinajstić information content (AvgIpc) is 2.85. The number of fused-ring (bicyclic) bond motifs is 1. The zero-order valence-corrected chi connectivity index (χ0v) is 11.5. The number of ether oxygens (including phenoxy) is 2. The highest BCUT2D eigenvalue weighted by molar-refractivity contribution is 6.18. The van der Waals surface area contributed by atoms with Crippen molar-refractivity contribution in [3.05, 3.63) is 29.3 Å². The largest absolute Gasteiger partial charge is 0.493 e. The first kappa shape index (κ1) is 13.7. The van der Waals surface area contributed by atoms with Crippen LogP contribution in [0.1, 0.15) is 11.1 Å². The SMILES string of the molecule is COCC(CCl)NCCc1ccc2c(c1)CCO2. The van der Waals surface area contributed by atoms with Crippen molar-refractivity contribution in [2.45, 2.75) is 18.9 Å². The molecule has 2 rings (SSSR count). The van der Waals surface area contributed by atoms with Crippen LogP contribution < -0.4 is 10.1 Å². The lowest BCUT2D eigenvalue weighted by atomic mass is 10.1. The lowest BCUT2D eigenvalue weighted by molar-refractivity contribution is 0.173. The summed E-state index contributed by atoms with van der Waals surface area (Å²) in [5.74, 6) is 1.62. The molecule has 1 aliphatic rings. The third-order valence-electron chi connectivity index (χ3n) is 3.15. The van der Waals surface area contributed by atoms with Gasteiger partial charge in [0, 0.05) is 25.5 Å². The number of benzene rings is 1. The first-order chi connectivity index (χ1) is 8.83. The molecule has 3 nitrogen and oxygen atoms in total. The molecule has 0 aromatic heterocycles. The molecule has 4 heteroatoms. The molecule has 0 aliphatic carbocycles. The highest BCUT2D eigenvalue weighted by atomic mass is 35.5. The maximum absolute atomic E-state index is 5.85. The second-order valence-corrected chi connectivity index (χ2v) is 4.86. The van der Waals surface area contributed by atoms with Gasteiger partial charge < -0.3 is 14.8 Å². The van der Waals surface area contributed by atoms with Crippen LogP contribution in [-0.2, 0) is 17.6 Å². The molecule has 0 saturated carbocycles. The lowest BCUT2D eigenvalue weighted by Gasteiger charge is -2.14. The van der Waals surface area contributed by atoms with Gasteiger partial charge in [-0.25, -0.2) is 0 Å². The highest BCUT2D eigenvalue weighted by Crippen LogP contribution is 2.25. The summed E-state index contributed by atoms with van der Waals surface area (Å²) in [6, 6.07) is 6.69. The van der Waals surface area contributed by atoms with Gasteiger partial charge >= 0.3 is 0 Å². The summed E-state index contributed by atoms with van der Waals surface area (Å²) in [6.07, 6.45) is 2.04. The molecule has 0 bridgehead atoms. The number of nitrogens with one attached hydrogen (secondary N) is 1. The molecule has 1 atom stereocenters. The fraction of sp³-hybridized carbons (Fsp3) is 0.571. The van der Waals surface area contributed by atoms with E-state index in [2.05, 4.69) is 23.5 Å². The molecule has 1 aromatic rings. The third-order valence-corrected chi connectivity index (χ3v) is 3.53. The van der Waals surface area contributed by atoms with E-state index in [1.165, 1.54) is 11.1 Å². The van der Waals surface area contributed by atoms with Crippen LogP contribution >= 0.6 is 11.6 Å². The van der Waals surface area contributed by atoms with Gasteiger partial charge in [-0.2, -0.15) is 0 Å². The summed E-state index contributed by atoms with van der Waals surface area (Å²) < 4.78 is 10.6. The van der Waals surface area contributed by atoms with Crippen LogP contribution in [0.4, 0.5) is 0 Å². The molecule has 0 saturated heterocycles. The summed E-state index contributed by atoms with van der Waals surface area (Å²) in [5.41, 5.74) is 2.68. The van der Waals surface area contributed by atoms with Crippen molar-refractivity contribution in [3.8, 4) is 5.75 Å². The van der Waals surface area contributed by atoms with Crippen LogP contribution in [0.3, 0.4) is 0 Å². The van der Waals surface area contributed by atoms with Gasteiger partial charge in [-0.05, 0) is 30.2 Å². The topological polar surface area (TPSA) is 30.5 Å². The van der Waals surface area contributed by atoms with E-state index in [1.54, 1.807) is 7.11 Å². The van der Waals surface area contributed by atoms with E-state index in [9.17, 15) is 0 Å². The molecule has 1 aliphatic heterocycles. The summed E-state index contributed by atoms with van der Waals surface area (Å²) >= 11 is 5.85. The number of alkyl halides is 1. The van der Waals surface area contributed by atoms with E-state index in [1.807, 2.05) is 0 Å². The molecule has 1 heterocycles. The van der Waals surface area contributed by atoms with Crippen molar-refractivity contribution in [1.82, 2.24) is 5.32 Å². The number of hydrogen-bond acceptors (Lipinski definition) is 3. The Labute approximate surface area is 113 Å². The van der Waals surface area contributed by atoms with E-state index in [0.717, 1.165) is 31.7 Å². The van der Waals surface area contributed by atoms with Crippen molar-refractivity contribution < 1.29 is 9.47 Å². The Hall–Kier alpha value is -0.770. The fourth-order valence-electron chi connectivity index (χ4n) is 2.18. The quantitative estimate of drug-likeness (QED) is 0.768. The van der Waals surface area contributed by atoms with E-state index >= 15 is 0 Å². The maximum Gasteiger partial charge on any atom is 0.122 e. The second-order valence-electron chi connectivity index (χ2n) is 4.55. The summed E-state index contributed by atoms with van der Waals surface area (Å²) in [7, 11) is 1.70. The normalized spacial score (nSPS) is 15.2. The van der Waals surface area contributed by atoms with Crippen LogP contribution in [0.2, 0.25) is 0 Å². The van der Waals surface area contributed by atoms with Crippen molar-refractivity contribution in [1.29, 1.82) is 0 Å². The van der Waals surface area contributed by atoms with Gasteiger partial charge in [0.05, 0.1) is 13.2 Å². The number of hydrogen-bond donors (Lipinski definition) is 1. The summed E-state index contributed by atoms with van der Waals surface area (Å²) in [6.45, 7) is 2.39. The number of halogens is 1. The van der Waals surface area contributed by atoms with E-state index in [4.69, 9.17) is 21.1 Å². The molecule has 100 valence electrons. The first-order valence-corrected chi connectivity index (χ1v) is 6.90.